The zero-order chi connectivity index (χ0) is 14.8. The summed E-state index contributed by atoms with van der Waals surface area (Å²) in [4.78, 5) is 0.0277. The fourth-order valence-electron chi connectivity index (χ4n) is 1.58. The van der Waals surface area contributed by atoms with Crippen molar-refractivity contribution in [3.05, 3.63) is 46.3 Å². The third kappa shape index (κ3) is 3.37. The van der Waals surface area contributed by atoms with Crippen LogP contribution in [0.3, 0.4) is 0 Å². The van der Waals surface area contributed by atoms with E-state index in [-0.39, 0.29) is 23.1 Å². The fraction of sp³-hybridized carbons (Fsp3) is 0.250. The first kappa shape index (κ1) is 15.0. The maximum atomic E-state index is 12.1. The SMILES string of the molecule is Cc1cc(CNS(=O)(=O)c2ccc(CO)c(Cl)c2)no1. The molecule has 2 aromatic rings. The number of aliphatic hydroxyl groups is 1. The summed E-state index contributed by atoms with van der Waals surface area (Å²) in [5.41, 5.74) is 0.960. The van der Waals surface area contributed by atoms with Crippen LogP contribution in [0, 0.1) is 6.92 Å². The summed E-state index contributed by atoms with van der Waals surface area (Å²) in [7, 11) is -3.69. The maximum absolute atomic E-state index is 12.1. The van der Waals surface area contributed by atoms with Crippen LogP contribution < -0.4 is 4.72 Å². The van der Waals surface area contributed by atoms with Crippen molar-refractivity contribution in [3.8, 4) is 0 Å². The van der Waals surface area contributed by atoms with Gasteiger partial charge in [0.1, 0.15) is 5.76 Å². The van der Waals surface area contributed by atoms with Crippen molar-refractivity contribution in [1.29, 1.82) is 0 Å². The van der Waals surface area contributed by atoms with Crippen molar-refractivity contribution in [2.24, 2.45) is 0 Å². The number of nitrogens with zero attached hydrogens (tertiary/aromatic N) is 1. The van der Waals surface area contributed by atoms with Crippen LogP contribution in [0.15, 0.2) is 33.7 Å². The molecule has 0 spiro atoms. The summed E-state index contributed by atoms with van der Waals surface area (Å²) in [5.74, 6) is 0.606. The van der Waals surface area contributed by atoms with Crippen LogP contribution in [-0.4, -0.2) is 18.7 Å². The molecule has 0 bridgehead atoms. The molecule has 0 fully saturated rings. The Kier molecular flexibility index (Phi) is 4.44. The smallest absolute Gasteiger partial charge is 0.240 e. The molecule has 1 aromatic carbocycles. The highest BCUT2D eigenvalue weighted by Crippen LogP contribution is 2.21. The van der Waals surface area contributed by atoms with E-state index in [1.165, 1.54) is 18.2 Å². The van der Waals surface area contributed by atoms with Gasteiger partial charge in [-0.15, -0.1) is 0 Å². The zero-order valence-corrected chi connectivity index (χ0v) is 12.2. The van der Waals surface area contributed by atoms with Gasteiger partial charge >= 0.3 is 0 Å². The van der Waals surface area contributed by atoms with Crippen LogP contribution in [0.2, 0.25) is 5.02 Å². The first-order valence-electron chi connectivity index (χ1n) is 5.73. The number of benzene rings is 1. The van der Waals surface area contributed by atoms with Gasteiger partial charge in [0.15, 0.2) is 0 Å². The summed E-state index contributed by atoms with van der Waals surface area (Å²) in [5, 5.41) is 12.9. The van der Waals surface area contributed by atoms with Gasteiger partial charge in [0.25, 0.3) is 0 Å². The van der Waals surface area contributed by atoms with Crippen LogP contribution in [0.4, 0.5) is 0 Å². The lowest BCUT2D eigenvalue weighted by Gasteiger charge is -2.07. The van der Waals surface area contributed by atoms with E-state index in [0.717, 1.165) is 0 Å². The molecule has 0 aliphatic carbocycles. The van der Waals surface area contributed by atoms with Gasteiger partial charge in [-0.1, -0.05) is 22.8 Å². The number of nitrogens with one attached hydrogen (secondary N) is 1. The molecule has 1 aromatic heterocycles. The molecule has 1 heterocycles. The Hall–Kier alpha value is -1.41. The van der Waals surface area contributed by atoms with E-state index in [1.807, 2.05) is 0 Å². The van der Waals surface area contributed by atoms with Crippen molar-refractivity contribution >= 4 is 21.6 Å². The molecule has 0 amide bonds. The molecule has 0 unspecified atom stereocenters. The highest BCUT2D eigenvalue weighted by Gasteiger charge is 2.16. The van der Waals surface area contributed by atoms with Gasteiger partial charge < -0.3 is 9.63 Å². The Morgan fingerprint density at radius 2 is 2.15 bits per heavy atom. The first-order chi connectivity index (χ1) is 9.42. The molecule has 0 aliphatic heterocycles. The Morgan fingerprint density at radius 1 is 1.40 bits per heavy atom. The largest absolute Gasteiger partial charge is 0.392 e. The lowest BCUT2D eigenvalue weighted by molar-refractivity contribution is 0.282. The highest BCUT2D eigenvalue weighted by molar-refractivity contribution is 7.89. The van der Waals surface area contributed by atoms with Gasteiger partial charge in [-0.25, -0.2) is 13.1 Å². The van der Waals surface area contributed by atoms with Gasteiger partial charge in [0, 0.05) is 11.1 Å². The molecule has 2 N–H and O–H groups in total. The van der Waals surface area contributed by atoms with E-state index >= 15 is 0 Å². The number of aryl methyl sites for hydroxylation is 1. The molecular weight excluding hydrogens is 304 g/mol. The predicted octanol–water partition coefficient (Wildman–Crippen LogP) is 1.61. The number of aliphatic hydroxyl groups excluding tert-OH is 1. The average Bonchev–Trinajstić information content (AvgIpc) is 2.82. The fourth-order valence-corrected chi connectivity index (χ4v) is 2.91. The van der Waals surface area contributed by atoms with Crippen molar-refractivity contribution in [3.63, 3.8) is 0 Å². The normalized spacial score (nSPS) is 11.8. The first-order valence-corrected chi connectivity index (χ1v) is 7.59. The van der Waals surface area contributed by atoms with E-state index in [1.54, 1.807) is 13.0 Å². The molecular formula is C12H13ClN2O4S. The minimum absolute atomic E-state index is 0.0268. The second-order valence-electron chi connectivity index (χ2n) is 4.16. The molecule has 2 rings (SSSR count). The number of hydrogen-bond acceptors (Lipinski definition) is 5. The van der Waals surface area contributed by atoms with E-state index in [0.29, 0.717) is 17.0 Å². The summed E-state index contributed by atoms with van der Waals surface area (Å²) >= 11 is 5.88. The van der Waals surface area contributed by atoms with Crippen LogP contribution in [0.1, 0.15) is 17.0 Å². The van der Waals surface area contributed by atoms with Gasteiger partial charge in [-0.3, -0.25) is 0 Å². The van der Waals surface area contributed by atoms with E-state index in [9.17, 15) is 8.42 Å². The molecule has 0 saturated carbocycles. The third-order valence-electron chi connectivity index (χ3n) is 2.63. The van der Waals surface area contributed by atoms with Crippen molar-refractivity contribution in [2.45, 2.75) is 25.0 Å². The minimum atomic E-state index is -3.69. The topological polar surface area (TPSA) is 92.4 Å². The van der Waals surface area contributed by atoms with Gasteiger partial charge in [0.05, 0.1) is 23.7 Å². The van der Waals surface area contributed by atoms with Crippen LogP contribution in [0.25, 0.3) is 0 Å². The Balaban J connectivity index is 2.15. The molecule has 108 valence electrons. The predicted molar refractivity (Wildman–Crippen MR) is 72.6 cm³/mol. The number of aromatic nitrogens is 1. The molecule has 20 heavy (non-hydrogen) atoms. The monoisotopic (exact) mass is 316 g/mol. The highest BCUT2D eigenvalue weighted by atomic mass is 35.5. The molecule has 0 aliphatic rings. The summed E-state index contributed by atoms with van der Waals surface area (Å²) < 4.78 is 31.4. The second kappa shape index (κ2) is 5.92. The Labute approximate surface area is 121 Å². The Morgan fingerprint density at radius 3 is 2.70 bits per heavy atom. The van der Waals surface area contributed by atoms with Crippen LogP contribution >= 0.6 is 11.6 Å². The zero-order valence-electron chi connectivity index (χ0n) is 10.6. The maximum Gasteiger partial charge on any atom is 0.240 e. The number of halogens is 1. The van der Waals surface area contributed by atoms with Crippen LogP contribution in [-0.2, 0) is 23.2 Å². The van der Waals surface area contributed by atoms with Crippen molar-refractivity contribution < 1.29 is 18.0 Å². The molecule has 0 atom stereocenters. The standard InChI is InChI=1S/C12H13ClN2O4S/c1-8-4-10(15-19-8)6-14-20(17,18)11-3-2-9(7-16)12(13)5-11/h2-5,14,16H,6-7H2,1H3. The third-order valence-corrected chi connectivity index (χ3v) is 4.38. The number of rotatable bonds is 5. The van der Waals surface area contributed by atoms with Gasteiger partial charge in [-0.2, -0.15) is 0 Å². The molecule has 6 nitrogen and oxygen atoms in total. The van der Waals surface area contributed by atoms with Crippen molar-refractivity contribution in [1.82, 2.24) is 9.88 Å². The van der Waals surface area contributed by atoms with E-state index in [4.69, 9.17) is 21.2 Å². The summed E-state index contributed by atoms with van der Waals surface area (Å²) in [6.45, 7) is 1.50. The summed E-state index contributed by atoms with van der Waals surface area (Å²) in [6, 6.07) is 5.79. The quantitative estimate of drug-likeness (QED) is 0.874. The minimum Gasteiger partial charge on any atom is -0.392 e. The van der Waals surface area contributed by atoms with Gasteiger partial charge in [-0.05, 0) is 24.6 Å². The van der Waals surface area contributed by atoms with E-state index < -0.39 is 10.0 Å². The Bertz CT molecular complexity index is 712. The molecule has 0 radical (unpaired) electrons. The number of hydrogen-bond donors (Lipinski definition) is 2. The molecule has 0 saturated heterocycles. The van der Waals surface area contributed by atoms with E-state index in [2.05, 4.69) is 9.88 Å². The molecule has 8 heteroatoms. The lowest BCUT2D eigenvalue weighted by Crippen LogP contribution is -2.23. The second-order valence-corrected chi connectivity index (χ2v) is 6.34. The average molecular weight is 317 g/mol. The van der Waals surface area contributed by atoms with Crippen molar-refractivity contribution in [2.75, 3.05) is 0 Å². The van der Waals surface area contributed by atoms with Crippen LogP contribution in [0.5, 0.6) is 0 Å². The van der Waals surface area contributed by atoms with Gasteiger partial charge in [0.2, 0.25) is 10.0 Å². The lowest BCUT2D eigenvalue weighted by atomic mass is 10.2. The summed E-state index contributed by atoms with van der Waals surface area (Å²) in [6.07, 6.45) is 0. The number of sulfonamides is 1.